The summed E-state index contributed by atoms with van der Waals surface area (Å²) in [6.45, 7) is 2.61. The maximum atomic E-state index is 12.6. The largest absolute Gasteiger partial charge is 0.491 e. The Morgan fingerprint density at radius 1 is 1.22 bits per heavy atom. The summed E-state index contributed by atoms with van der Waals surface area (Å²) < 4.78 is 47.9. The van der Waals surface area contributed by atoms with Crippen molar-refractivity contribution in [2.75, 3.05) is 25.6 Å². The third kappa shape index (κ3) is 5.01. The van der Waals surface area contributed by atoms with E-state index in [0.29, 0.717) is 6.61 Å². The molecule has 0 heterocycles. The van der Waals surface area contributed by atoms with Crippen molar-refractivity contribution in [2.24, 2.45) is 0 Å². The summed E-state index contributed by atoms with van der Waals surface area (Å²) in [7, 11) is 0. The van der Waals surface area contributed by atoms with Gasteiger partial charge in [-0.15, -0.1) is 12.4 Å². The molecule has 0 aliphatic heterocycles. The lowest BCUT2D eigenvalue weighted by Crippen LogP contribution is -2.12. The molecule has 0 saturated carbocycles. The highest BCUT2D eigenvalue weighted by Gasteiger charge is 2.34. The lowest BCUT2D eigenvalue weighted by Gasteiger charge is -2.14. The standard InChI is InChI=1S/C11H14F3NO2.ClH/c1-2-16-5-6-17-10-4-3-8(15)7-9(10)11(12,13)14;/h3-4,7H,2,5-6,15H2,1H3;1H. The van der Waals surface area contributed by atoms with Crippen LogP contribution >= 0.6 is 12.4 Å². The summed E-state index contributed by atoms with van der Waals surface area (Å²) in [5.41, 5.74) is 4.50. The topological polar surface area (TPSA) is 44.5 Å². The normalized spacial score (nSPS) is 10.9. The van der Waals surface area contributed by atoms with Crippen molar-refractivity contribution in [1.29, 1.82) is 0 Å². The zero-order valence-corrected chi connectivity index (χ0v) is 10.6. The number of hydrogen-bond acceptors (Lipinski definition) is 3. The summed E-state index contributed by atoms with van der Waals surface area (Å²) in [4.78, 5) is 0. The molecule has 0 spiro atoms. The molecule has 0 atom stereocenters. The first kappa shape index (κ1) is 16.9. The number of nitrogen functional groups attached to an aromatic ring is 1. The molecular formula is C11H15ClF3NO2. The second kappa shape index (κ2) is 7.33. The van der Waals surface area contributed by atoms with E-state index in [0.717, 1.165) is 6.07 Å². The van der Waals surface area contributed by atoms with Crippen LogP contribution in [0.4, 0.5) is 18.9 Å². The average molecular weight is 286 g/mol. The van der Waals surface area contributed by atoms with Gasteiger partial charge in [0.25, 0.3) is 0 Å². The molecule has 0 aromatic heterocycles. The van der Waals surface area contributed by atoms with Gasteiger partial charge in [-0.3, -0.25) is 0 Å². The van der Waals surface area contributed by atoms with E-state index in [2.05, 4.69) is 0 Å². The Hall–Kier alpha value is -1.14. The number of anilines is 1. The van der Waals surface area contributed by atoms with E-state index in [1.54, 1.807) is 6.92 Å². The minimum atomic E-state index is -4.48. The van der Waals surface area contributed by atoms with Gasteiger partial charge in [-0.2, -0.15) is 13.2 Å². The highest BCUT2D eigenvalue weighted by atomic mass is 35.5. The van der Waals surface area contributed by atoms with E-state index in [1.807, 2.05) is 0 Å². The first-order valence-corrected chi connectivity index (χ1v) is 5.12. The monoisotopic (exact) mass is 285 g/mol. The van der Waals surface area contributed by atoms with Crippen LogP contribution in [0.15, 0.2) is 18.2 Å². The van der Waals surface area contributed by atoms with E-state index in [1.165, 1.54) is 12.1 Å². The third-order valence-electron chi connectivity index (χ3n) is 2.00. The summed E-state index contributed by atoms with van der Waals surface area (Å²) in [6.07, 6.45) is -4.48. The molecule has 0 radical (unpaired) electrons. The number of hydrogen-bond donors (Lipinski definition) is 1. The summed E-state index contributed by atoms with van der Waals surface area (Å²) in [5, 5.41) is 0. The number of benzene rings is 1. The first-order chi connectivity index (χ1) is 7.95. The molecule has 1 rings (SSSR count). The molecule has 0 bridgehead atoms. The minimum absolute atomic E-state index is 0. The van der Waals surface area contributed by atoms with E-state index in [4.69, 9.17) is 15.2 Å². The van der Waals surface area contributed by atoms with Crippen molar-refractivity contribution < 1.29 is 22.6 Å². The predicted octanol–water partition coefficient (Wildman–Crippen LogP) is 3.12. The first-order valence-electron chi connectivity index (χ1n) is 5.12. The molecule has 0 fully saturated rings. The Morgan fingerprint density at radius 3 is 2.44 bits per heavy atom. The van der Waals surface area contributed by atoms with Crippen LogP contribution in [0.25, 0.3) is 0 Å². The van der Waals surface area contributed by atoms with Gasteiger partial charge in [0.05, 0.1) is 12.2 Å². The average Bonchev–Trinajstić information content (AvgIpc) is 2.25. The van der Waals surface area contributed by atoms with Crippen LogP contribution in [0.5, 0.6) is 5.75 Å². The molecule has 1 aromatic rings. The van der Waals surface area contributed by atoms with E-state index >= 15 is 0 Å². The van der Waals surface area contributed by atoms with Crippen molar-refractivity contribution in [3.05, 3.63) is 23.8 Å². The van der Waals surface area contributed by atoms with Crippen LogP contribution in [0, 0.1) is 0 Å². The van der Waals surface area contributed by atoms with Crippen molar-refractivity contribution in [3.8, 4) is 5.75 Å². The molecule has 7 heteroatoms. The fraction of sp³-hybridized carbons (Fsp3) is 0.455. The number of halogens is 4. The van der Waals surface area contributed by atoms with Gasteiger partial charge in [-0.05, 0) is 25.1 Å². The second-order valence-corrected chi connectivity index (χ2v) is 3.30. The number of rotatable bonds is 5. The van der Waals surface area contributed by atoms with E-state index in [-0.39, 0.29) is 37.1 Å². The maximum absolute atomic E-state index is 12.6. The van der Waals surface area contributed by atoms with E-state index in [9.17, 15) is 13.2 Å². The Morgan fingerprint density at radius 2 is 1.89 bits per heavy atom. The molecule has 18 heavy (non-hydrogen) atoms. The zero-order chi connectivity index (χ0) is 12.9. The Bertz CT molecular complexity index is 372. The lowest BCUT2D eigenvalue weighted by molar-refractivity contribution is -0.139. The van der Waals surface area contributed by atoms with Gasteiger partial charge >= 0.3 is 6.18 Å². The summed E-state index contributed by atoms with van der Waals surface area (Å²) >= 11 is 0. The Labute approximate surface area is 109 Å². The molecule has 2 N–H and O–H groups in total. The Balaban J connectivity index is 0.00000289. The maximum Gasteiger partial charge on any atom is 0.420 e. The summed E-state index contributed by atoms with van der Waals surface area (Å²) in [6, 6.07) is 3.44. The van der Waals surface area contributed by atoms with Crippen LogP contribution < -0.4 is 10.5 Å². The van der Waals surface area contributed by atoms with Crippen LogP contribution in [-0.4, -0.2) is 19.8 Å². The molecular weight excluding hydrogens is 271 g/mol. The van der Waals surface area contributed by atoms with Crippen molar-refractivity contribution in [2.45, 2.75) is 13.1 Å². The minimum Gasteiger partial charge on any atom is -0.491 e. The molecule has 1 aromatic carbocycles. The van der Waals surface area contributed by atoms with Crippen LogP contribution in [0.2, 0.25) is 0 Å². The fourth-order valence-electron chi connectivity index (χ4n) is 1.25. The van der Waals surface area contributed by atoms with Crippen molar-refractivity contribution in [3.63, 3.8) is 0 Å². The zero-order valence-electron chi connectivity index (χ0n) is 9.79. The van der Waals surface area contributed by atoms with Crippen LogP contribution in [-0.2, 0) is 10.9 Å². The Kier molecular flexibility index (Phi) is 6.86. The molecule has 0 saturated heterocycles. The molecule has 0 unspecified atom stereocenters. The highest BCUT2D eigenvalue weighted by molar-refractivity contribution is 5.85. The molecule has 0 aliphatic rings. The predicted molar refractivity (Wildman–Crippen MR) is 65.1 cm³/mol. The quantitative estimate of drug-likeness (QED) is 0.668. The number of nitrogens with two attached hydrogens (primary N) is 1. The molecule has 0 amide bonds. The van der Waals surface area contributed by atoms with Crippen molar-refractivity contribution in [1.82, 2.24) is 0 Å². The SMILES string of the molecule is CCOCCOc1ccc(N)cc1C(F)(F)F.Cl. The molecule has 0 aliphatic carbocycles. The fourth-order valence-corrected chi connectivity index (χ4v) is 1.25. The molecule has 3 nitrogen and oxygen atoms in total. The van der Waals surface area contributed by atoms with Gasteiger partial charge in [-0.25, -0.2) is 0 Å². The highest BCUT2D eigenvalue weighted by Crippen LogP contribution is 2.37. The van der Waals surface area contributed by atoms with Gasteiger partial charge in [0.15, 0.2) is 0 Å². The second-order valence-electron chi connectivity index (χ2n) is 3.30. The van der Waals surface area contributed by atoms with E-state index < -0.39 is 11.7 Å². The van der Waals surface area contributed by atoms with Gasteiger partial charge in [0.2, 0.25) is 0 Å². The van der Waals surface area contributed by atoms with Crippen LogP contribution in [0.1, 0.15) is 12.5 Å². The number of ether oxygens (including phenoxy) is 2. The lowest BCUT2D eigenvalue weighted by atomic mass is 10.1. The van der Waals surface area contributed by atoms with Gasteiger partial charge in [0, 0.05) is 12.3 Å². The van der Waals surface area contributed by atoms with Gasteiger partial charge in [-0.1, -0.05) is 0 Å². The van der Waals surface area contributed by atoms with Gasteiger partial charge < -0.3 is 15.2 Å². The molecule has 104 valence electrons. The summed E-state index contributed by atoms with van der Waals surface area (Å²) in [5.74, 6) is -0.230. The third-order valence-corrected chi connectivity index (χ3v) is 2.00. The smallest absolute Gasteiger partial charge is 0.420 e. The van der Waals surface area contributed by atoms with Gasteiger partial charge in [0.1, 0.15) is 12.4 Å². The van der Waals surface area contributed by atoms with Crippen molar-refractivity contribution >= 4 is 18.1 Å². The number of alkyl halides is 3. The van der Waals surface area contributed by atoms with Crippen LogP contribution in [0.3, 0.4) is 0 Å².